The summed E-state index contributed by atoms with van der Waals surface area (Å²) in [6.45, 7) is 9.51. The van der Waals surface area contributed by atoms with E-state index in [1.807, 2.05) is 6.07 Å². The molecule has 14 heavy (non-hydrogen) atoms. The lowest BCUT2D eigenvalue weighted by Gasteiger charge is -2.23. The summed E-state index contributed by atoms with van der Waals surface area (Å²) in [5.74, 6) is 0. The first-order valence-electron chi connectivity index (χ1n) is 5.29. The lowest BCUT2D eigenvalue weighted by Crippen LogP contribution is -2.29. The van der Waals surface area contributed by atoms with Gasteiger partial charge in [-0.1, -0.05) is 37.8 Å². The lowest BCUT2D eigenvalue weighted by molar-refractivity contribution is 0.877. The highest BCUT2D eigenvalue weighted by molar-refractivity contribution is 6.76. The zero-order valence-electron chi connectivity index (χ0n) is 9.67. The maximum absolute atomic E-state index is 3.53. The van der Waals surface area contributed by atoms with Crippen LogP contribution in [0.3, 0.4) is 0 Å². The van der Waals surface area contributed by atoms with Gasteiger partial charge >= 0.3 is 0 Å². The van der Waals surface area contributed by atoms with Crippen LogP contribution in [-0.4, -0.2) is 14.1 Å². The van der Waals surface area contributed by atoms with Gasteiger partial charge in [0.05, 0.1) is 0 Å². The summed E-state index contributed by atoms with van der Waals surface area (Å²) >= 11 is 0. The maximum Gasteiger partial charge on any atom is 0.0462 e. The molecule has 1 rings (SSSR count). The van der Waals surface area contributed by atoms with E-state index in [-0.39, 0.29) is 0 Å². The van der Waals surface area contributed by atoms with Crippen molar-refractivity contribution in [1.82, 2.24) is 0 Å². The van der Waals surface area contributed by atoms with Crippen LogP contribution in [-0.2, 0) is 0 Å². The minimum Gasteiger partial charge on any atom is -0.383 e. The Bertz CT molecular complexity index is 263. The Morgan fingerprint density at radius 2 is 1.71 bits per heavy atom. The average molecular weight is 207 g/mol. The highest BCUT2D eigenvalue weighted by Crippen LogP contribution is 2.15. The number of para-hydroxylation sites is 1. The van der Waals surface area contributed by atoms with Crippen molar-refractivity contribution in [3.05, 3.63) is 30.3 Å². The summed E-state index contributed by atoms with van der Waals surface area (Å²) < 4.78 is 0. The van der Waals surface area contributed by atoms with Crippen LogP contribution < -0.4 is 5.32 Å². The van der Waals surface area contributed by atoms with E-state index >= 15 is 0 Å². The standard InChI is InChI=1S/C12H21NSi/c1-11(10-14(2,3)4)13-12-8-6-5-7-9-12/h5-9,11,13H,10H2,1-4H3. The van der Waals surface area contributed by atoms with Crippen LogP contribution in [0.1, 0.15) is 6.92 Å². The van der Waals surface area contributed by atoms with Gasteiger partial charge in [-0.25, -0.2) is 0 Å². The fourth-order valence-electron chi connectivity index (χ4n) is 1.79. The van der Waals surface area contributed by atoms with Crippen molar-refractivity contribution < 1.29 is 0 Å². The molecule has 0 heterocycles. The molecule has 0 spiro atoms. The van der Waals surface area contributed by atoms with Gasteiger partial charge in [0.15, 0.2) is 0 Å². The predicted octanol–water partition coefficient (Wildman–Crippen LogP) is 3.83. The Hall–Kier alpha value is -0.763. The molecule has 1 atom stereocenters. The SMILES string of the molecule is CC(C[Si](C)(C)C)Nc1ccccc1. The molecule has 1 unspecified atom stereocenters. The first-order chi connectivity index (χ1) is 6.47. The van der Waals surface area contributed by atoms with Crippen molar-refractivity contribution in [1.29, 1.82) is 0 Å². The van der Waals surface area contributed by atoms with Crippen LogP contribution in [0.2, 0.25) is 25.7 Å². The molecule has 0 radical (unpaired) electrons. The highest BCUT2D eigenvalue weighted by atomic mass is 28.3. The normalized spacial score (nSPS) is 13.7. The van der Waals surface area contributed by atoms with Gasteiger partial charge in [0.2, 0.25) is 0 Å². The van der Waals surface area contributed by atoms with Gasteiger partial charge in [0.1, 0.15) is 0 Å². The van der Waals surface area contributed by atoms with E-state index in [1.165, 1.54) is 11.7 Å². The van der Waals surface area contributed by atoms with E-state index in [4.69, 9.17) is 0 Å². The molecular weight excluding hydrogens is 186 g/mol. The van der Waals surface area contributed by atoms with Crippen molar-refractivity contribution in [3.63, 3.8) is 0 Å². The number of benzene rings is 1. The van der Waals surface area contributed by atoms with Crippen molar-refractivity contribution >= 4 is 13.8 Å². The molecule has 2 heteroatoms. The molecule has 0 amide bonds. The Morgan fingerprint density at radius 3 is 2.21 bits per heavy atom. The van der Waals surface area contributed by atoms with E-state index in [0.717, 1.165) is 0 Å². The van der Waals surface area contributed by atoms with Gasteiger partial charge in [0.25, 0.3) is 0 Å². The number of hydrogen-bond donors (Lipinski definition) is 1. The van der Waals surface area contributed by atoms with Crippen molar-refractivity contribution in [2.45, 2.75) is 38.7 Å². The summed E-state index contributed by atoms with van der Waals surface area (Å²) in [7, 11) is -0.937. The first kappa shape index (κ1) is 11.3. The fraction of sp³-hybridized carbons (Fsp3) is 0.500. The molecule has 0 aliphatic carbocycles. The Morgan fingerprint density at radius 1 is 1.14 bits per heavy atom. The van der Waals surface area contributed by atoms with Crippen LogP contribution >= 0.6 is 0 Å². The summed E-state index contributed by atoms with van der Waals surface area (Å²) in [6.07, 6.45) is 0. The predicted molar refractivity (Wildman–Crippen MR) is 67.7 cm³/mol. The van der Waals surface area contributed by atoms with E-state index in [2.05, 4.69) is 56.1 Å². The molecular formula is C12H21NSi. The van der Waals surface area contributed by atoms with Crippen LogP contribution in [0.25, 0.3) is 0 Å². The van der Waals surface area contributed by atoms with Gasteiger partial charge in [-0.3, -0.25) is 0 Å². The molecule has 0 aliphatic heterocycles. The van der Waals surface area contributed by atoms with E-state index in [9.17, 15) is 0 Å². The lowest BCUT2D eigenvalue weighted by atomic mass is 10.3. The minimum atomic E-state index is -0.937. The van der Waals surface area contributed by atoms with Gasteiger partial charge < -0.3 is 5.32 Å². The molecule has 1 N–H and O–H groups in total. The summed E-state index contributed by atoms with van der Waals surface area (Å²) in [4.78, 5) is 0. The van der Waals surface area contributed by atoms with E-state index < -0.39 is 8.07 Å². The number of nitrogens with one attached hydrogen (secondary N) is 1. The second kappa shape index (κ2) is 4.65. The number of hydrogen-bond acceptors (Lipinski definition) is 1. The summed E-state index contributed by atoms with van der Waals surface area (Å²) in [6, 6.07) is 12.4. The van der Waals surface area contributed by atoms with Gasteiger partial charge in [-0.2, -0.15) is 0 Å². The topological polar surface area (TPSA) is 12.0 Å². The fourth-order valence-corrected chi connectivity index (χ4v) is 3.73. The molecule has 0 saturated heterocycles. The number of anilines is 1. The third-order valence-electron chi connectivity index (χ3n) is 2.11. The van der Waals surface area contributed by atoms with Gasteiger partial charge in [0, 0.05) is 19.8 Å². The molecule has 0 aliphatic rings. The van der Waals surface area contributed by atoms with Crippen molar-refractivity contribution in [2.75, 3.05) is 5.32 Å². The molecule has 0 fully saturated rings. The second-order valence-corrected chi connectivity index (χ2v) is 10.7. The molecule has 1 aromatic rings. The largest absolute Gasteiger partial charge is 0.383 e. The van der Waals surface area contributed by atoms with E-state index in [0.29, 0.717) is 6.04 Å². The molecule has 0 saturated carbocycles. The van der Waals surface area contributed by atoms with Gasteiger partial charge in [-0.05, 0) is 25.1 Å². The third-order valence-corrected chi connectivity index (χ3v) is 3.94. The highest BCUT2D eigenvalue weighted by Gasteiger charge is 2.16. The molecule has 0 aromatic heterocycles. The zero-order valence-corrected chi connectivity index (χ0v) is 10.7. The maximum atomic E-state index is 3.53. The van der Waals surface area contributed by atoms with Crippen LogP contribution in [0.4, 0.5) is 5.69 Å². The third kappa shape index (κ3) is 4.47. The molecule has 0 bridgehead atoms. The second-order valence-electron chi connectivity index (χ2n) is 5.18. The van der Waals surface area contributed by atoms with Gasteiger partial charge in [-0.15, -0.1) is 0 Å². The van der Waals surface area contributed by atoms with Crippen LogP contribution in [0.5, 0.6) is 0 Å². The van der Waals surface area contributed by atoms with Crippen molar-refractivity contribution in [2.24, 2.45) is 0 Å². The Kier molecular flexibility index (Phi) is 3.75. The smallest absolute Gasteiger partial charge is 0.0462 e. The summed E-state index contributed by atoms with van der Waals surface area (Å²) in [5.41, 5.74) is 1.23. The summed E-state index contributed by atoms with van der Waals surface area (Å²) in [5, 5.41) is 3.53. The number of rotatable bonds is 4. The Balaban J connectivity index is 2.46. The van der Waals surface area contributed by atoms with Crippen molar-refractivity contribution in [3.8, 4) is 0 Å². The monoisotopic (exact) mass is 207 g/mol. The first-order valence-corrected chi connectivity index (χ1v) is 9.00. The zero-order chi connectivity index (χ0) is 10.6. The Labute approximate surface area is 88.6 Å². The van der Waals surface area contributed by atoms with Crippen LogP contribution in [0, 0.1) is 0 Å². The molecule has 1 nitrogen and oxygen atoms in total. The van der Waals surface area contributed by atoms with E-state index in [1.54, 1.807) is 0 Å². The van der Waals surface area contributed by atoms with Crippen LogP contribution in [0.15, 0.2) is 30.3 Å². The minimum absolute atomic E-state index is 0.587. The average Bonchev–Trinajstić information content (AvgIpc) is 2.02. The molecule has 1 aromatic carbocycles. The quantitative estimate of drug-likeness (QED) is 0.740. The molecule has 78 valence electrons.